The maximum atomic E-state index is 6.05. The second kappa shape index (κ2) is 3.88. The lowest BCUT2D eigenvalue weighted by molar-refractivity contribution is 0.00578. The van der Waals surface area contributed by atoms with Crippen LogP contribution in [0.3, 0.4) is 0 Å². The Balaban J connectivity index is 1.69. The molecule has 2 heterocycles. The third-order valence-corrected chi connectivity index (χ3v) is 4.54. The summed E-state index contributed by atoms with van der Waals surface area (Å²) >= 11 is 0. The van der Waals surface area contributed by atoms with Crippen molar-refractivity contribution in [3.05, 3.63) is 23.8 Å². The van der Waals surface area contributed by atoms with Gasteiger partial charge < -0.3 is 14.2 Å². The summed E-state index contributed by atoms with van der Waals surface area (Å²) in [6, 6.07) is 0.775. The van der Waals surface area contributed by atoms with Gasteiger partial charge in [0, 0.05) is 12.6 Å². The summed E-state index contributed by atoms with van der Waals surface area (Å²) in [7, 11) is -0.215. The Morgan fingerprint density at radius 3 is 2.22 bits per heavy atom. The lowest BCUT2D eigenvalue weighted by Gasteiger charge is -2.32. The largest absolute Gasteiger partial charge is 0.494 e. The van der Waals surface area contributed by atoms with Crippen LogP contribution < -0.4 is 0 Å². The zero-order valence-electron chi connectivity index (χ0n) is 11.8. The summed E-state index contributed by atoms with van der Waals surface area (Å²) in [5.74, 6) is 0. The maximum Gasteiger partial charge on any atom is 0.494 e. The molecule has 3 rings (SSSR count). The number of allylic oxidation sites excluding steroid dienone is 2. The minimum atomic E-state index is -0.250. The van der Waals surface area contributed by atoms with Gasteiger partial charge in [-0.1, -0.05) is 6.08 Å². The zero-order valence-corrected chi connectivity index (χ0v) is 11.8. The highest BCUT2D eigenvalue weighted by molar-refractivity contribution is 6.55. The van der Waals surface area contributed by atoms with Crippen LogP contribution in [0.1, 0.15) is 40.5 Å². The van der Waals surface area contributed by atoms with Crippen LogP contribution in [0.25, 0.3) is 0 Å². The lowest BCUT2D eigenvalue weighted by Crippen LogP contribution is -2.41. The van der Waals surface area contributed by atoms with Gasteiger partial charge in [0.2, 0.25) is 0 Å². The van der Waals surface area contributed by atoms with Crippen LogP contribution >= 0.6 is 0 Å². The van der Waals surface area contributed by atoms with E-state index in [9.17, 15) is 0 Å². The molecule has 0 atom stereocenters. The molecule has 0 bridgehead atoms. The van der Waals surface area contributed by atoms with Crippen LogP contribution in [0.15, 0.2) is 23.8 Å². The molecular weight excluding hydrogens is 225 g/mol. The Morgan fingerprint density at radius 2 is 1.78 bits per heavy atom. The van der Waals surface area contributed by atoms with Gasteiger partial charge in [-0.05, 0) is 58.3 Å². The van der Waals surface area contributed by atoms with E-state index < -0.39 is 0 Å². The molecule has 2 aliphatic heterocycles. The van der Waals surface area contributed by atoms with Crippen molar-refractivity contribution in [2.75, 3.05) is 6.54 Å². The SMILES string of the molecule is CC1(C)OB(C2=CCN(C3CC3)C=C2)OC1(C)C. The van der Waals surface area contributed by atoms with Gasteiger partial charge in [-0.2, -0.15) is 0 Å². The normalized spacial score (nSPS) is 29.7. The Kier molecular flexibility index (Phi) is 2.65. The molecule has 98 valence electrons. The van der Waals surface area contributed by atoms with Gasteiger partial charge in [0.15, 0.2) is 0 Å². The molecule has 1 aliphatic carbocycles. The van der Waals surface area contributed by atoms with Crippen molar-refractivity contribution in [3.8, 4) is 0 Å². The predicted molar refractivity (Wildman–Crippen MR) is 73.0 cm³/mol. The van der Waals surface area contributed by atoms with Gasteiger partial charge in [0.05, 0.1) is 11.2 Å². The molecule has 1 saturated carbocycles. The van der Waals surface area contributed by atoms with Crippen LogP contribution in [0.5, 0.6) is 0 Å². The maximum absolute atomic E-state index is 6.05. The number of hydrogen-bond acceptors (Lipinski definition) is 3. The molecule has 4 heteroatoms. The number of nitrogens with zero attached hydrogens (tertiary/aromatic N) is 1. The fourth-order valence-electron chi connectivity index (χ4n) is 2.35. The third kappa shape index (κ3) is 2.01. The molecule has 0 unspecified atom stereocenters. The summed E-state index contributed by atoms with van der Waals surface area (Å²) in [4.78, 5) is 2.40. The lowest BCUT2D eigenvalue weighted by atomic mass is 9.77. The third-order valence-electron chi connectivity index (χ3n) is 4.54. The molecule has 2 fully saturated rings. The highest BCUT2D eigenvalue weighted by Crippen LogP contribution is 2.39. The van der Waals surface area contributed by atoms with Crippen molar-refractivity contribution in [1.29, 1.82) is 0 Å². The molecule has 18 heavy (non-hydrogen) atoms. The quantitative estimate of drug-likeness (QED) is 0.700. The van der Waals surface area contributed by atoms with E-state index in [4.69, 9.17) is 9.31 Å². The highest BCUT2D eigenvalue weighted by Gasteiger charge is 2.52. The Labute approximate surface area is 110 Å². The Hall–Kier alpha value is -0.735. The average molecular weight is 247 g/mol. The summed E-state index contributed by atoms with van der Waals surface area (Å²) in [6.07, 6.45) is 9.25. The second-order valence-electron chi connectivity index (χ2n) is 6.54. The van der Waals surface area contributed by atoms with Crippen LogP contribution in [0.4, 0.5) is 0 Å². The van der Waals surface area contributed by atoms with Crippen LogP contribution in [0.2, 0.25) is 0 Å². The highest BCUT2D eigenvalue weighted by atomic mass is 16.7. The molecule has 0 spiro atoms. The molecule has 0 aromatic rings. The Bertz CT molecular complexity index is 394. The summed E-state index contributed by atoms with van der Waals surface area (Å²) in [5.41, 5.74) is 0.658. The molecule has 0 aromatic carbocycles. The fraction of sp³-hybridized carbons (Fsp3) is 0.714. The summed E-state index contributed by atoms with van der Waals surface area (Å²) in [5, 5.41) is 0. The number of hydrogen-bond donors (Lipinski definition) is 0. The number of rotatable bonds is 2. The first-order chi connectivity index (χ1) is 8.39. The van der Waals surface area contributed by atoms with Crippen LogP contribution in [0, 0.1) is 0 Å². The van der Waals surface area contributed by atoms with Gasteiger partial charge in [-0.25, -0.2) is 0 Å². The van der Waals surface area contributed by atoms with Gasteiger partial charge in [0.1, 0.15) is 0 Å². The van der Waals surface area contributed by atoms with Crippen LogP contribution in [-0.2, 0) is 9.31 Å². The first kappa shape index (κ1) is 12.3. The van der Waals surface area contributed by atoms with E-state index in [0.717, 1.165) is 18.1 Å². The van der Waals surface area contributed by atoms with Crippen molar-refractivity contribution in [1.82, 2.24) is 4.90 Å². The zero-order chi connectivity index (χ0) is 13.0. The van der Waals surface area contributed by atoms with Crippen molar-refractivity contribution in [2.24, 2.45) is 0 Å². The van der Waals surface area contributed by atoms with E-state index in [1.807, 2.05) is 0 Å². The van der Waals surface area contributed by atoms with Crippen molar-refractivity contribution in [3.63, 3.8) is 0 Å². The fourth-order valence-corrected chi connectivity index (χ4v) is 2.35. The van der Waals surface area contributed by atoms with E-state index in [0.29, 0.717) is 0 Å². The summed E-state index contributed by atoms with van der Waals surface area (Å²) in [6.45, 7) is 9.36. The molecule has 0 aromatic heterocycles. The van der Waals surface area contributed by atoms with Gasteiger partial charge in [-0.3, -0.25) is 0 Å². The predicted octanol–water partition coefficient (Wildman–Crippen LogP) is 2.54. The molecule has 0 amide bonds. The van der Waals surface area contributed by atoms with Crippen molar-refractivity contribution >= 4 is 7.12 Å². The second-order valence-corrected chi connectivity index (χ2v) is 6.54. The van der Waals surface area contributed by atoms with Crippen LogP contribution in [-0.4, -0.2) is 35.8 Å². The molecular formula is C14H22BNO2. The van der Waals surface area contributed by atoms with Gasteiger partial charge in [0.25, 0.3) is 0 Å². The van der Waals surface area contributed by atoms with Crippen molar-refractivity contribution in [2.45, 2.75) is 57.8 Å². The topological polar surface area (TPSA) is 21.7 Å². The first-order valence-electron chi connectivity index (χ1n) is 6.89. The summed E-state index contributed by atoms with van der Waals surface area (Å²) < 4.78 is 12.1. The van der Waals surface area contributed by atoms with E-state index in [2.05, 4.69) is 50.9 Å². The van der Waals surface area contributed by atoms with E-state index in [1.165, 1.54) is 12.8 Å². The smallest absolute Gasteiger partial charge is 0.399 e. The van der Waals surface area contributed by atoms with E-state index in [1.54, 1.807) is 0 Å². The van der Waals surface area contributed by atoms with Gasteiger partial charge >= 0.3 is 7.12 Å². The average Bonchev–Trinajstić information content (AvgIpc) is 3.08. The Morgan fingerprint density at radius 1 is 1.17 bits per heavy atom. The molecule has 0 radical (unpaired) electrons. The molecule has 3 nitrogen and oxygen atoms in total. The van der Waals surface area contributed by atoms with Gasteiger partial charge in [-0.15, -0.1) is 0 Å². The minimum absolute atomic E-state index is 0.215. The minimum Gasteiger partial charge on any atom is -0.399 e. The molecule has 0 N–H and O–H groups in total. The van der Waals surface area contributed by atoms with Crippen molar-refractivity contribution < 1.29 is 9.31 Å². The molecule has 1 saturated heterocycles. The first-order valence-corrected chi connectivity index (χ1v) is 6.89. The van der Waals surface area contributed by atoms with E-state index in [-0.39, 0.29) is 18.3 Å². The monoisotopic (exact) mass is 247 g/mol. The standard InChI is InChI=1S/C14H22BNO2/c1-13(2)14(3,4)18-15(17-13)11-7-9-16(10-8-11)12-5-6-12/h7-9,12H,5-6,10H2,1-4H3. The molecule has 3 aliphatic rings. The van der Waals surface area contributed by atoms with E-state index >= 15 is 0 Å².